The molecule has 0 aromatic rings. The molecule has 5 aliphatic rings. The van der Waals surface area contributed by atoms with Gasteiger partial charge in [0, 0.05) is 23.5 Å². The van der Waals surface area contributed by atoms with Crippen LogP contribution in [0.1, 0.15) is 99.3 Å². The van der Waals surface area contributed by atoms with Crippen molar-refractivity contribution in [2.75, 3.05) is 13.7 Å². The molecule has 5 aliphatic carbocycles. The Kier molecular flexibility index (Phi) is 6.43. The molecule has 39 heavy (non-hydrogen) atoms. The Morgan fingerprint density at radius 3 is 2.33 bits per heavy atom. The molecule has 216 valence electrons. The Balaban J connectivity index is 1.67. The molecule has 8 atom stereocenters. The summed E-state index contributed by atoms with van der Waals surface area (Å²) in [5, 5.41) is 20.1. The van der Waals surface area contributed by atoms with Crippen LogP contribution < -0.4 is 0 Å². The van der Waals surface area contributed by atoms with Crippen LogP contribution in [0.3, 0.4) is 0 Å². The minimum absolute atomic E-state index is 0.0352. The third kappa shape index (κ3) is 3.51. The van der Waals surface area contributed by atoms with Crippen molar-refractivity contribution in [3.8, 4) is 0 Å². The van der Waals surface area contributed by atoms with Crippen LogP contribution in [-0.4, -0.2) is 41.5 Å². The first-order valence-electron chi connectivity index (χ1n) is 14.9. The molecule has 0 unspecified atom stereocenters. The number of aliphatic hydroxyl groups excluding tert-OH is 2. The van der Waals surface area contributed by atoms with E-state index in [-0.39, 0.29) is 58.1 Å². The first kappa shape index (κ1) is 28.6. The molecule has 0 amide bonds. The van der Waals surface area contributed by atoms with E-state index in [4.69, 9.17) is 4.74 Å². The first-order chi connectivity index (χ1) is 18.1. The van der Waals surface area contributed by atoms with E-state index in [9.17, 15) is 24.6 Å². The van der Waals surface area contributed by atoms with Crippen LogP contribution in [0.5, 0.6) is 0 Å². The molecule has 6 nitrogen and oxygen atoms in total. The van der Waals surface area contributed by atoms with Crippen LogP contribution >= 0.6 is 0 Å². The fourth-order valence-electron chi connectivity index (χ4n) is 10.9. The number of rotatable bonds is 3. The molecule has 0 radical (unpaired) electrons. The minimum Gasteiger partial charge on any atom is -0.515 e. The molecule has 2 N–H and O–H groups in total. The summed E-state index contributed by atoms with van der Waals surface area (Å²) in [5.74, 6) is -0.496. The van der Waals surface area contributed by atoms with Crippen LogP contribution in [-0.2, 0) is 19.1 Å². The van der Waals surface area contributed by atoms with Crippen LogP contribution in [0.2, 0.25) is 0 Å². The summed E-state index contributed by atoms with van der Waals surface area (Å²) in [6.45, 7) is 13.1. The van der Waals surface area contributed by atoms with Crippen molar-refractivity contribution in [2.24, 2.45) is 50.2 Å². The Labute approximate surface area is 233 Å². The number of aliphatic hydroxyl groups is 2. The van der Waals surface area contributed by atoms with Crippen LogP contribution in [0.25, 0.3) is 0 Å². The fraction of sp³-hybridized carbons (Fsp3) is 0.788. The van der Waals surface area contributed by atoms with Gasteiger partial charge < -0.3 is 14.9 Å². The summed E-state index contributed by atoms with van der Waals surface area (Å²) in [6.07, 6.45) is 9.30. The average molecular weight is 541 g/mol. The average Bonchev–Trinajstić information content (AvgIpc) is 2.87. The molecule has 0 aliphatic heterocycles. The lowest BCUT2D eigenvalue weighted by Gasteiger charge is -2.69. The molecule has 0 bridgehead atoms. The van der Waals surface area contributed by atoms with E-state index >= 15 is 0 Å². The fourth-order valence-corrected chi connectivity index (χ4v) is 10.9. The Hall–Kier alpha value is -1.95. The van der Waals surface area contributed by atoms with Gasteiger partial charge >= 0.3 is 5.97 Å². The Bertz CT molecular complexity index is 1160. The highest BCUT2D eigenvalue weighted by Gasteiger charge is 2.71. The lowest BCUT2D eigenvalue weighted by molar-refractivity contribution is -0.192. The zero-order valence-electron chi connectivity index (χ0n) is 25.0. The molecule has 6 heteroatoms. The van der Waals surface area contributed by atoms with Gasteiger partial charge in [-0.15, -0.1) is 0 Å². The van der Waals surface area contributed by atoms with Gasteiger partial charge in [-0.2, -0.15) is 0 Å². The van der Waals surface area contributed by atoms with Crippen molar-refractivity contribution in [3.05, 3.63) is 23.5 Å². The molecule has 5 rings (SSSR count). The number of Topliss-reactive ketones (excluding diaryl/α,β-unsaturated/α-hetero) is 1. The zero-order chi connectivity index (χ0) is 28.8. The summed E-state index contributed by atoms with van der Waals surface area (Å²) in [7, 11) is 1.48. The third-order valence-electron chi connectivity index (χ3n) is 13.2. The number of carbonyl (C=O) groups is 3. The van der Waals surface area contributed by atoms with Gasteiger partial charge in [0.15, 0.2) is 11.6 Å². The topological polar surface area (TPSA) is 101 Å². The van der Waals surface area contributed by atoms with Crippen molar-refractivity contribution in [1.82, 2.24) is 0 Å². The highest BCUT2D eigenvalue weighted by Crippen LogP contribution is 2.75. The minimum atomic E-state index is -0.806. The summed E-state index contributed by atoms with van der Waals surface area (Å²) in [5.41, 5.74) is -1.01. The Morgan fingerprint density at radius 1 is 1.05 bits per heavy atom. The number of hydrogen-bond acceptors (Lipinski definition) is 6. The second-order valence-corrected chi connectivity index (χ2v) is 15.4. The molecule has 0 aromatic carbocycles. The Morgan fingerprint density at radius 2 is 1.72 bits per heavy atom. The van der Waals surface area contributed by atoms with E-state index in [0.29, 0.717) is 18.4 Å². The molecule has 0 spiro atoms. The summed E-state index contributed by atoms with van der Waals surface area (Å²) >= 11 is 0. The van der Waals surface area contributed by atoms with Crippen LogP contribution in [0, 0.1) is 50.2 Å². The van der Waals surface area contributed by atoms with Crippen molar-refractivity contribution in [3.63, 3.8) is 0 Å². The SMILES string of the molecule is COC(=O)[C@]12CCC(C)(C)C[C@H]1[C@H]1C(=O)C=C3[C@@]4(C)C/C(=C/O)C(=O)[C@@](C)(CCO)[C@@H]4CC[C@@]3(C)[C@]1(C)CC2. The van der Waals surface area contributed by atoms with Gasteiger partial charge in [-0.05, 0) is 97.4 Å². The van der Waals surface area contributed by atoms with Gasteiger partial charge in [0.2, 0.25) is 0 Å². The number of methoxy groups -OCH3 is 1. The number of ether oxygens (including phenoxy) is 1. The van der Waals surface area contributed by atoms with Gasteiger partial charge in [0.25, 0.3) is 0 Å². The molecule has 0 aromatic heterocycles. The van der Waals surface area contributed by atoms with Gasteiger partial charge in [0.05, 0.1) is 18.8 Å². The van der Waals surface area contributed by atoms with Crippen molar-refractivity contribution < 1.29 is 29.3 Å². The predicted molar refractivity (Wildman–Crippen MR) is 149 cm³/mol. The van der Waals surface area contributed by atoms with E-state index in [1.807, 2.05) is 13.0 Å². The number of ketones is 2. The van der Waals surface area contributed by atoms with Crippen LogP contribution in [0.4, 0.5) is 0 Å². The lowest BCUT2D eigenvalue weighted by Crippen LogP contribution is -2.66. The number of fused-ring (bicyclic) bond motifs is 7. The van der Waals surface area contributed by atoms with Crippen LogP contribution in [0.15, 0.2) is 23.5 Å². The first-order valence-corrected chi connectivity index (χ1v) is 14.9. The van der Waals surface area contributed by atoms with E-state index in [1.54, 1.807) is 0 Å². The van der Waals surface area contributed by atoms with Gasteiger partial charge in [-0.3, -0.25) is 14.4 Å². The molecule has 0 heterocycles. The van der Waals surface area contributed by atoms with Gasteiger partial charge in [-0.25, -0.2) is 0 Å². The molecule has 4 fully saturated rings. The number of hydrogen-bond donors (Lipinski definition) is 2. The quantitative estimate of drug-likeness (QED) is 0.254. The molecular weight excluding hydrogens is 492 g/mol. The predicted octanol–water partition coefficient (Wildman–Crippen LogP) is 6.12. The maximum Gasteiger partial charge on any atom is 0.312 e. The number of esters is 1. The number of carbonyl (C=O) groups excluding carboxylic acids is 3. The van der Waals surface area contributed by atoms with Gasteiger partial charge in [0.1, 0.15) is 0 Å². The maximum absolute atomic E-state index is 14.5. The number of allylic oxidation sites excluding steroid dienone is 3. The third-order valence-corrected chi connectivity index (χ3v) is 13.2. The zero-order valence-corrected chi connectivity index (χ0v) is 25.0. The summed E-state index contributed by atoms with van der Waals surface area (Å²) in [6, 6.07) is 0. The van der Waals surface area contributed by atoms with E-state index < -0.39 is 16.2 Å². The van der Waals surface area contributed by atoms with Gasteiger partial charge in [-0.1, -0.05) is 47.1 Å². The second-order valence-electron chi connectivity index (χ2n) is 15.4. The molecular formula is C33H48O6. The molecule has 4 saturated carbocycles. The monoisotopic (exact) mass is 540 g/mol. The van der Waals surface area contributed by atoms with Crippen molar-refractivity contribution in [1.29, 1.82) is 0 Å². The summed E-state index contributed by atoms with van der Waals surface area (Å²) < 4.78 is 5.42. The summed E-state index contributed by atoms with van der Waals surface area (Å²) in [4.78, 5) is 41.4. The largest absolute Gasteiger partial charge is 0.515 e. The molecule has 0 saturated heterocycles. The smallest absolute Gasteiger partial charge is 0.312 e. The van der Waals surface area contributed by atoms with E-state index in [2.05, 4.69) is 34.6 Å². The maximum atomic E-state index is 14.5. The second kappa shape index (κ2) is 8.77. The highest BCUT2D eigenvalue weighted by atomic mass is 16.5. The van der Waals surface area contributed by atoms with Crippen molar-refractivity contribution >= 4 is 17.5 Å². The lowest BCUT2D eigenvalue weighted by atomic mass is 9.33. The highest BCUT2D eigenvalue weighted by molar-refractivity contribution is 6.01. The van der Waals surface area contributed by atoms with E-state index in [0.717, 1.165) is 56.8 Å². The van der Waals surface area contributed by atoms with Crippen molar-refractivity contribution in [2.45, 2.75) is 99.3 Å². The standard InChI is InChI=1S/C33H48O6/c1-28(2)10-12-33(27(38)39-7)13-11-32(6)25(21(33)18-28)22(36)16-24-30(4)17-20(19-35)26(37)29(3,14-15-34)23(30)8-9-31(24,32)5/h16,19,21,23,25,34-35H,8-15,17-18H2,1-7H3/b20-19-/t21-,23-,25-,29-,30-,31+,32+,33-/m0/s1. The van der Waals surface area contributed by atoms with E-state index in [1.165, 1.54) is 7.11 Å². The normalized spacial score (nSPS) is 47.8.